The van der Waals surface area contributed by atoms with Gasteiger partial charge in [-0.1, -0.05) is 37.5 Å². The Morgan fingerprint density at radius 2 is 1.42 bits per heavy atom. The molecule has 1 saturated carbocycles. The maximum absolute atomic E-state index is 12.8. The van der Waals surface area contributed by atoms with Gasteiger partial charge in [-0.25, -0.2) is 4.79 Å². The lowest BCUT2D eigenvalue weighted by atomic mass is 9.82. The van der Waals surface area contributed by atoms with E-state index in [1.807, 2.05) is 30.3 Å². The molecule has 2 aliphatic heterocycles. The number of nitrogens with zero attached hydrogens (tertiary/aromatic N) is 2. The number of hydroxylamine groups is 2. The molecule has 0 aromatic heterocycles. The standard InChI is InChI=1S/C35H48N4O8S/c40-29(36-24-25-15-17-26(18-16-25)35(46)47-39-31(42)19-20-32(39)43)13-8-4-9-21-38-33(44)23-28(34(38)45)48-22-10-2-1-7-14-30(41)37-27-11-5-3-6-12-27/h3,5-6,11-12,25-26,28H,1-2,4,7-10,13-24H2,(H,36,40)(H,37,41)/t25-,26-,28?. The number of hydrogen-bond donors (Lipinski definition) is 2. The lowest BCUT2D eigenvalue weighted by Gasteiger charge is -2.28. The van der Waals surface area contributed by atoms with Gasteiger partial charge in [0.15, 0.2) is 0 Å². The molecule has 13 heteroatoms. The third-order valence-corrected chi connectivity index (χ3v) is 10.4. The molecule has 1 unspecified atom stereocenters. The number of likely N-dealkylation sites (tertiary alicyclic amines) is 1. The van der Waals surface area contributed by atoms with Gasteiger partial charge in [-0.15, -0.1) is 16.8 Å². The summed E-state index contributed by atoms with van der Waals surface area (Å²) in [5.41, 5.74) is 0.804. The predicted octanol–water partition coefficient (Wildman–Crippen LogP) is 4.53. The fraction of sp³-hybridized carbons (Fsp3) is 0.629. The van der Waals surface area contributed by atoms with Crippen LogP contribution in [0.5, 0.6) is 0 Å². The molecule has 1 atom stereocenters. The second-order valence-corrected chi connectivity index (χ2v) is 14.2. The molecular weight excluding hydrogens is 636 g/mol. The first-order valence-corrected chi connectivity index (χ1v) is 18.4. The molecule has 262 valence electrons. The zero-order chi connectivity index (χ0) is 34.3. The largest absolute Gasteiger partial charge is 0.356 e. The summed E-state index contributed by atoms with van der Waals surface area (Å²) in [4.78, 5) is 91.8. The lowest BCUT2D eigenvalue weighted by Crippen LogP contribution is -2.37. The summed E-state index contributed by atoms with van der Waals surface area (Å²) in [6.45, 7) is 0.915. The van der Waals surface area contributed by atoms with E-state index in [-0.39, 0.29) is 60.0 Å². The average molecular weight is 685 g/mol. The van der Waals surface area contributed by atoms with Crippen molar-refractivity contribution in [2.75, 3.05) is 24.2 Å². The summed E-state index contributed by atoms with van der Waals surface area (Å²) in [5.74, 6) is -1.06. The highest BCUT2D eigenvalue weighted by Gasteiger charge is 2.38. The van der Waals surface area contributed by atoms with Crippen molar-refractivity contribution < 1.29 is 38.4 Å². The van der Waals surface area contributed by atoms with Gasteiger partial charge >= 0.3 is 5.97 Å². The van der Waals surface area contributed by atoms with Crippen LogP contribution in [0.25, 0.3) is 0 Å². The minimum Gasteiger partial charge on any atom is -0.356 e. The van der Waals surface area contributed by atoms with E-state index in [4.69, 9.17) is 4.84 Å². The molecule has 1 aliphatic carbocycles. The molecule has 0 bridgehead atoms. The van der Waals surface area contributed by atoms with Gasteiger partial charge in [0.05, 0.1) is 11.2 Å². The summed E-state index contributed by atoms with van der Waals surface area (Å²) < 4.78 is 0. The maximum Gasteiger partial charge on any atom is 0.336 e. The number of thioether (sulfide) groups is 1. The molecule has 2 heterocycles. The van der Waals surface area contributed by atoms with Crippen LogP contribution in [0.3, 0.4) is 0 Å². The molecular formula is C35H48N4O8S. The van der Waals surface area contributed by atoms with E-state index in [2.05, 4.69) is 10.6 Å². The number of imide groups is 2. The highest BCUT2D eigenvalue weighted by molar-refractivity contribution is 8.00. The molecule has 48 heavy (non-hydrogen) atoms. The van der Waals surface area contributed by atoms with E-state index < -0.39 is 17.8 Å². The first-order chi connectivity index (χ1) is 23.2. The average Bonchev–Trinajstić information content (AvgIpc) is 3.54. The Hall–Kier alpha value is -3.74. The number of anilines is 1. The number of benzene rings is 1. The normalized spacial score (nSPS) is 21.1. The van der Waals surface area contributed by atoms with Crippen LogP contribution in [0.2, 0.25) is 0 Å². The van der Waals surface area contributed by atoms with Crippen LogP contribution < -0.4 is 10.6 Å². The molecule has 1 aromatic carbocycles. The summed E-state index contributed by atoms with van der Waals surface area (Å²) in [5, 5.41) is 6.14. The summed E-state index contributed by atoms with van der Waals surface area (Å²) >= 11 is 1.54. The van der Waals surface area contributed by atoms with Gasteiger partial charge < -0.3 is 15.5 Å². The second-order valence-electron chi connectivity index (χ2n) is 12.9. The van der Waals surface area contributed by atoms with Crippen LogP contribution in [0.4, 0.5) is 5.69 Å². The van der Waals surface area contributed by atoms with Crippen molar-refractivity contribution in [2.24, 2.45) is 11.8 Å². The molecule has 6 amide bonds. The Labute approximate surface area is 286 Å². The Morgan fingerprint density at radius 3 is 2.12 bits per heavy atom. The Morgan fingerprint density at radius 1 is 0.771 bits per heavy atom. The van der Waals surface area contributed by atoms with E-state index in [0.717, 1.165) is 56.4 Å². The van der Waals surface area contributed by atoms with E-state index in [9.17, 15) is 33.6 Å². The van der Waals surface area contributed by atoms with Crippen molar-refractivity contribution in [3.8, 4) is 0 Å². The van der Waals surface area contributed by atoms with Gasteiger partial charge in [-0.3, -0.25) is 33.7 Å². The number of hydrogen-bond acceptors (Lipinski definition) is 9. The van der Waals surface area contributed by atoms with Crippen molar-refractivity contribution in [2.45, 2.75) is 108 Å². The van der Waals surface area contributed by atoms with E-state index >= 15 is 0 Å². The smallest absolute Gasteiger partial charge is 0.336 e. The van der Waals surface area contributed by atoms with Crippen molar-refractivity contribution in [1.82, 2.24) is 15.3 Å². The predicted molar refractivity (Wildman–Crippen MR) is 180 cm³/mol. The maximum atomic E-state index is 12.8. The summed E-state index contributed by atoms with van der Waals surface area (Å²) in [6.07, 6.45) is 9.63. The molecule has 4 rings (SSSR count). The molecule has 1 aromatic rings. The fourth-order valence-corrected chi connectivity index (χ4v) is 7.42. The number of carbonyl (C=O) groups is 7. The quantitative estimate of drug-likeness (QED) is 0.158. The molecule has 0 spiro atoms. The van der Waals surface area contributed by atoms with Crippen LogP contribution in [0, 0.1) is 11.8 Å². The highest BCUT2D eigenvalue weighted by Crippen LogP contribution is 2.30. The van der Waals surface area contributed by atoms with Crippen molar-refractivity contribution in [1.29, 1.82) is 0 Å². The molecule has 2 N–H and O–H groups in total. The van der Waals surface area contributed by atoms with Crippen LogP contribution >= 0.6 is 11.8 Å². The summed E-state index contributed by atoms with van der Waals surface area (Å²) in [6, 6.07) is 9.40. The Bertz CT molecular complexity index is 1280. The first-order valence-electron chi connectivity index (χ1n) is 17.4. The number of carbonyl (C=O) groups excluding carboxylic acids is 7. The molecule has 2 saturated heterocycles. The van der Waals surface area contributed by atoms with E-state index in [1.165, 1.54) is 4.90 Å². The third kappa shape index (κ3) is 11.7. The molecule has 3 aliphatic rings. The van der Waals surface area contributed by atoms with Gasteiger partial charge in [0.1, 0.15) is 0 Å². The number of unbranched alkanes of at least 4 members (excludes halogenated alkanes) is 5. The molecule has 3 fully saturated rings. The Balaban J connectivity index is 0.977. The minimum atomic E-state index is -0.543. The second kappa shape index (κ2) is 19.3. The van der Waals surface area contributed by atoms with Gasteiger partial charge in [-0.05, 0) is 75.2 Å². The zero-order valence-corrected chi connectivity index (χ0v) is 28.4. The molecule has 0 radical (unpaired) electrons. The highest BCUT2D eigenvalue weighted by atomic mass is 32.2. The minimum absolute atomic E-state index is 0.0156. The van der Waals surface area contributed by atoms with Crippen LogP contribution in [-0.4, -0.2) is 75.5 Å². The van der Waals surface area contributed by atoms with Crippen molar-refractivity contribution in [3.05, 3.63) is 30.3 Å². The monoisotopic (exact) mass is 684 g/mol. The topological polar surface area (TPSA) is 159 Å². The number of rotatable bonds is 19. The summed E-state index contributed by atoms with van der Waals surface area (Å²) in [7, 11) is 0. The van der Waals surface area contributed by atoms with Gasteiger partial charge in [0.25, 0.3) is 11.8 Å². The van der Waals surface area contributed by atoms with Crippen molar-refractivity contribution in [3.63, 3.8) is 0 Å². The van der Waals surface area contributed by atoms with Gasteiger partial charge in [-0.2, -0.15) is 0 Å². The Kier molecular flexibility index (Phi) is 14.9. The lowest BCUT2D eigenvalue weighted by molar-refractivity contribution is -0.201. The number of para-hydroxylation sites is 1. The zero-order valence-electron chi connectivity index (χ0n) is 27.6. The fourth-order valence-electron chi connectivity index (χ4n) is 6.23. The van der Waals surface area contributed by atoms with Crippen LogP contribution in [-0.2, 0) is 38.4 Å². The van der Waals surface area contributed by atoms with Gasteiger partial charge in [0, 0.05) is 50.9 Å². The molecule has 12 nitrogen and oxygen atoms in total. The number of amides is 6. The van der Waals surface area contributed by atoms with E-state index in [1.54, 1.807) is 11.8 Å². The SMILES string of the molecule is O=C(CCCCCN1C(=O)CC(SCCCCCCC(=O)Nc2ccccc2)C1=O)NC[C@H]1CC[C@H](C(=O)ON2C(=O)CCC2=O)CC1. The first kappa shape index (κ1) is 37.1. The van der Waals surface area contributed by atoms with Gasteiger partial charge in [0.2, 0.25) is 23.6 Å². The number of nitrogens with one attached hydrogen (secondary N) is 2. The van der Waals surface area contributed by atoms with Crippen molar-refractivity contribution >= 4 is 58.9 Å². The van der Waals surface area contributed by atoms with Crippen LogP contribution in [0.15, 0.2) is 30.3 Å². The van der Waals surface area contributed by atoms with E-state index in [0.29, 0.717) is 56.7 Å². The van der Waals surface area contributed by atoms with Crippen LogP contribution in [0.1, 0.15) is 103 Å². The third-order valence-electron chi connectivity index (χ3n) is 9.12.